The van der Waals surface area contributed by atoms with Crippen molar-refractivity contribution in [2.24, 2.45) is 0 Å². The van der Waals surface area contributed by atoms with E-state index in [1.807, 2.05) is 41.5 Å². The Kier molecular flexibility index (Phi) is 6.60. The fourth-order valence-corrected chi connectivity index (χ4v) is 4.14. The average molecular weight is 463 g/mol. The van der Waals surface area contributed by atoms with E-state index < -0.39 is 49.0 Å². The van der Waals surface area contributed by atoms with Gasteiger partial charge >= 0.3 is 5.70 Å². The molecule has 11 nitrogen and oxygen atoms in total. The van der Waals surface area contributed by atoms with Gasteiger partial charge in [0, 0.05) is 19.0 Å². The number of nitrogens with zero attached hydrogens (tertiary/aromatic N) is 4. The molecule has 11 heteroatoms. The van der Waals surface area contributed by atoms with Gasteiger partial charge < -0.3 is 10.0 Å². The largest absolute Gasteiger partial charge is 0.507 e. The van der Waals surface area contributed by atoms with E-state index in [-0.39, 0.29) is 17.0 Å². The zero-order chi connectivity index (χ0) is 25.6. The summed E-state index contributed by atoms with van der Waals surface area (Å²) in [6.45, 7) is 11.1. The number of rotatable bonds is 5. The summed E-state index contributed by atoms with van der Waals surface area (Å²) in [4.78, 5) is 34.8. The molecule has 0 spiro atoms. The fourth-order valence-electron chi connectivity index (χ4n) is 4.14. The topological polar surface area (TPSA) is 153 Å². The van der Waals surface area contributed by atoms with Crippen LogP contribution in [0.15, 0.2) is 35.3 Å². The smallest absolute Gasteiger partial charge is 0.302 e. The summed E-state index contributed by atoms with van der Waals surface area (Å²) in [7, 11) is 2.85. The first kappa shape index (κ1) is 25.8. The SMILES string of the molecule is CN(C)C1=C([N+](=O)[O-])C=C([N+](=O)[O-])C(c2cc(C(C)(C)C)c(O)c(C(C)(C)C)c2)C1[N+](=O)[O-]. The molecule has 0 saturated heterocycles. The quantitative estimate of drug-likeness (QED) is 0.510. The molecule has 0 saturated carbocycles. The van der Waals surface area contributed by atoms with Gasteiger partial charge in [0.05, 0.1) is 15.9 Å². The van der Waals surface area contributed by atoms with Gasteiger partial charge in [-0.1, -0.05) is 53.7 Å². The van der Waals surface area contributed by atoms with Crippen LogP contribution in [0.1, 0.15) is 64.2 Å². The summed E-state index contributed by atoms with van der Waals surface area (Å²) in [5.41, 5.74) is -1.52. The maximum atomic E-state index is 12.2. The first-order valence-corrected chi connectivity index (χ1v) is 10.3. The highest BCUT2D eigenvalue weighted by atomic mass is 16.6. The van der Waals surface area contributed by atoms with Gasteiger partial charge in [0.1, 0.15) is 11.7 Å². The fraction of sp³-hybridized carbons (Fsp3) is 0.545. The van der Waals surface area contributed by atoms with Crippen LogP contribution in [-0.4, -0.2) is 44.9 Å². The van der Waals surface area contributed by atoms with Crippen molar-refractivity contribution in [3.8, 4) is 5.75 Å². The molecule has 0 radical (unpaired) electrons. The summed E-state index contributed by atoms with van der Waals surface area (Å²) < 4.78 is 0. The molecule has 2 atom stereocenters. The van der Waals surface area contributed by atoms with Crippen molar-refractivity contribution in [1.29, 1.82) is 0 Å². The molecule has 0 bridgehead atoms. The van der Waals surface area contributed by atoms with E-state index >= 15 is 0 Å². The third kappa shape index (κ3) is 4.81. The summed E-state index contributed by atoms with van der Waals surface area (Å²) in [6, 6.07) is 1.30. The van der Waals surface area contributed by atoms with Crippen LogP contribution in [0.2, 0.25) is 0 Å². The van der Waals surface area contributed by atoms with Crippen LogP contribution in [0.25, 0.3) is 0 Å². The predicted molar refractivity (Wildman–Crippen MR) is 122 cm³/mol. The highest BCUT2D eigenvalue weighted by Crippen LogP contribution is 2.45. The first-order chi connectivity index (χ1) is 14.9. The second-order valence-corrected chi connectivity index (χ2v) is 10.4. The number of phenolic OH excluding ortho intramolecular Hbond substituents is 1. The molecular formula is C22H30N4O7. The Hall–Kier alpha value is -3.50. The minimum Gasteiger partial charge on any atom is -0.507 e. The molecule has 0 heterocycles. The zero-order valence-corrected chi connectivity index (χ0v) is 20.1. The van der Waals surface area contributed by atoms with Crippen molar-refractivity contribution >= 4 is 0 Å². The van der Waals surface area contributed by atoms with Crippen molar-refractivity contribution in [2.75, 3.05) is 14.1 Å². The van der Waals surface area contributed by atoms with Crippen LogP contribution >= 0.6 is 0 Å². The minimum absolute atomic E-state index is 0.0215. The van der Waals surface area contributed by atoms with E-state index in [4.69, 9.17) is 0 Å². The third-order valence-corrected chi connectivity index (χ3v) is 5.69. The van der Waals surface area contributed by atoms with Gasteiger partial charge in [0.2, 0.25) is 0 Å². The van der Waals surface area contributed by atoms with E-state index in [9.17, 15) is 35.4 Å². The van der Waals surface area contributed by atoms with E-state index in [0.717, 1.165) is 6.08 Å². The van der Waals surface area contributed by atoms with Crippen molar-refractivity contribution in [1.82, 2.24) is 4.90 Å². The van der Waals surface area contributed by atoms with Gasteiger partial charge in [-0.15, -0.1) is 0 Å². The molecule has 2 unspecified atom stereocenters. The second kappa shape index (κ2) is 8.45. The van der Waals surface area contributed by atoms with Crippen molar-refractivity contribution in [2.45, 2.75) is 64.3 Å². The molecule has 1 aliphatic carbocycles. The monoisotopic (exact) mass is 462 g/mol. The standard InChI is InChI=1S/C22H30N4O7/c1-21(2,3)13-9-12(10-14(20(13)27)22(4,5)6)17-15(24(28)29)11-16(25(30)31)18(23(7)8)19(17)26(32)33/h9-11,17,19,27H,1-8H3. The molecule has 2 rings (SSSR count). The van der Waals surface area contributed by atoms with Crippen LogP contribution in [0.4, 0.5) is 0 Å². The normalized spacial score (nSPS) is 19.2. The lowest BCUT2D eigenvalue weighted by atomic mass is 9.74. The number of hydrogen-bond donors (Lipinski definition) is 1. The number of phenols is 1. The van der Waals surface area contributed by atoms with Crippen molar-refractivity contribution < 1.29 is 19.9 Å². The van der Waals surface area contributed by atoms with Crippen LogP contribution in [-0.2, 0) is 10.8 Å². The minimum atomic E-state index is -1.77. The van der Waals surface area contributed by atoms with Crippen LogP contribution in [0, 0.1) is 30.3 Å². The Morgan fingerprint density at radius 2 is 1.33 bits per heavy atom. The number of benzene rings is 1. The first-order valence-electron chi connectivity index (χ1n) is 10.3. The van der Waals surface area contributed by atoms with Gasteiger partial charge in [-0.2, -0.15) is 0 Å². The lowest BCUT2D eigenvalue weighted by Crippen LogP contribution is -2.41. The second-order valence-electron chi connectivity index (χ2n) is 10.4. The van der Waals surface area contributed by atoms with Gasteiger partial charge in [0.15, 0.2) is 5.70 Å². The number of allylic oxidation sites excluding steroid dienone is 1. The highest BCUT2D eigenvalue weighted by molar-refractivity contribution is 5.53. The van der Waals surface area contributed by atoms with Crippen LogP contribution in [0.3, 0.4) is 0 Å². The van der Waals surface area contributed by atoms with Crippen LogP contribution < -0.4 is 0 Å². The molecule has 1 aromatic rings. The average Bonchev–Trinajstić information content (AvgIpc) is 2.64. The molecule has 1 N–H and O–H groups in total. The number of hydrogen-bond acceptors (Lipinski definition) is 8. The Balaban J connectivity index is 3.02. The number of aromatic hydroxyl groups is 1. The maximum Gasteiger partial charge on any atom is 0.302 e. The Bertz CT molecular complexity index is 1040. The number of likely N-dealkylation sites (N-methyl/N-ethyl adjacent to an activating group) is 1. The van der Waals surface area contributed by atoms with E-state index in [1.165, 1.54) is 31.1 Å². The molecule has 1 aromatic carbocycles. The maximum absolute atomic E-state index is 12.2. The van der Waals surface area contributed by atoms with Crippen molar-refractivity contribution in [3.63, 3.8) is 0 Å². The summed E-state index contributed by atoms with van der Waals surface area (Å²) in [6.07, 6.45) is 0.806. The number of nitro groups is 3. The van der Waals surface area contributed by atoms with Gasteiger partial charge in [-0.3, -0.25) is 30.3 Å². The lowest BCUT2D eigenvalue weighted by molar-refractivity contribution is -0.531. The van der Waals surface area contributed by atoms with Gasteiger partial charge in [-0.25, -0.2) is 0 Å². The molecule has 33 heavy (non-hydrogen) atoms. The van der Waals surface area contributed by atoms with Gasteiger partial charge in [0.25, 0.3) is 11.7 Å². The van der Waals surface area contributed by atoms with Gasteiger partial charge in [-0.05, 0) is 27.5 Å². The van der Waals surface area contributed by atoms with Crippen LogP contribution in [0.5, 0.6) is 5.75 Å². The van der Waals surface area contributed by atoms with E-state index in [1.54, 1.807) is 0 Å². The highest BCUT2D eigenvalue weighted by Gasteiger charge is 2.53. The van der Waals surface area contributed by atoms with E-state index in [2.05, 4.69) is 0 Å². The molecule has 0 amide bonds. The molecule has 180 valence electrons. The molecule has 1 aliphatic rings. The van der Waals surface area contributed by atoms with Crippen molar-refractivity contribution in [3.05, 3.63) is 82.3 Å². The Labute approximate surface area is 191 Å². The molecular weight excluding hydrogens is 432 g/mol. The molecule has 0 fully saturated rings. The predicted octanol–water partition coefficient (Wildman–Crippen LogP) is 3.94. The summed E-state index contributed by atoms with van der Waals surface area (Å²) in [5.74, 6) is -1.38. The summed E-state index contributed by atoms with van der Waals surface area (Å²) in [5, 5.41) is 46.9. The zero-order valence-electron chi connectivity index (χ0n) is 20.1. The molecule has 0 aliphatic heterocycles. The van der Waals surface area contributed by atoms with E-state index in [0.29, 0.717) is 11.1 Å². The summed E-state index contributed by atoms with van der Waals surface area (Å²) >= 11 is 0. The lowest BCUT2D eigenvalue weighted by Gasteiger charge is -2.31. The third-order valence-electron chi connectivity index (χ3n) is 5.69. The Morgan fingerprint density at radius 1 is 0.879 bits per heavy atom. The molecule has 0 aromatic heterocycles. The Morgan fingerprint density at radius 3 is 1.64 bits per heavy atom.